The van der Waals surface area contributed by atoms with Crippen molar-refractivity contribution in [2.24, 2.45) is 0 Å². The first kappa shape index (κ1) is 24.8. The highest BCUT2D eigenvalue weighted by atomic mass is 79.9. The molecule has 0 spiro atoms. The predicted octanol–water partition coefficient (Wildman–Crippen LogP) is 2.26. The molecule has 0 rings (SSSR count). The molecule has 0 aromatic carbocycles. The maximum atomic E-state index is 8.62. The van der Waals surface area contributed by atoms with E-state index in [1.807, 2.05) is 6.92 Å². The lowest BCUT2D eigenvalue weighted by Gasteiger charge is -2.09. The van der Waals surface area contributed by atoms with Crippen LogP contribution in [0.4, 0.5) is 0 Å². The van der Waals surface area contributed by atoms with Crippen LogP contribution < -0.4 is 0 Å². The summed E-state index contributed by atoms with van der Waals surface area (Å²) < 4.78 is -1.07. The third kappa shape index (κ3) is 30.6. The smallest absolute Gasteiger partial charge is 0.151 e. The van der Waals surface area contributed by atoms with Crippen LogP contribution in [0.3, 0.4) is 0 Å². The highest BCUT2D eigenvalue weighted by molar-refractivity contribution is 9.09. The topological polar surface area (TPSA) is 60.7 Å². The quantitative estimate of drug-likeness (QED) is 0.220. The summed E-state index contributed by atoms with van der Waals surface area (Å²) in [6.07, 6.45) is 1.25. The highest BCUT2D eigenvalue weighted by Crippen LogP contribution is 2.17. The fraction of sp³-hybridized carbons (Fsp3) is 1.00. The predicted molar refractivity (Wildman–Crippen MR) is 97.0 cm³/mol. The Kier molecular flexibility index (Phi) is 23.1. The minimum absolute atomic E-state index is 0.0494. The fourth-order valence-corrected chi connectivity index (χ4v) is 0.740. The van der Waals surface area contributed by atoms with Crippen LogP contribution >= 0.6 is 66.4 Å². The molecule has 0 aliphatic heterocycles. The first-order valence-electron chi connectivity index (χ1n) is 5.49. The van der Waals surface area contributed by atoms with Crippen LogP contribution in [-0.2, 0) is 0 Å². The van der Waals surface area contributed by atoms with E-state index in [1.54, 1.807) is 6.92 Å². The minimum Gasteiger partial charge on any atom is -0.395 e. The number of aliphatic hydroxyl groups excluding tert-OH is 2. The standard InChI is InChI=1S/C4H9BrO.2C3H8OS2/c1-2-4(6)3-5;4-1-3(6)2-5;1-2-3(4,5)6/h4,6H,2-3H2,1H3;3-6H,1-2H2;4-6H,2H2,1H3. The van der Waals surface area contributed by atoms with Gasteiger partial charge in [-0.1, -0.05) is 29.8 Å². The summed E-state index contributed by atoms with van der Waals surface area (Å²) in [7, 11) is 0. The Morgan fingerprint density at radius 1 is 1.28 bits per heavy atom. The molecule has 0 aliphatic rings. The van der Waals surface area contributed by atoms with Gasteiger partial charge in [0.15, 0.2) is 4.27 Å². The minimum atomic E-state index is -1.07. The monoisotopic (exact) mass is 400 g/mol. The number of hydrogen-bond donors (Lipinski definition) is 7. The van der Waals surface area contributed by atoms with Crippen molar-refractivity contribution in [1.29, 1.82) is 0 Å². The van der Waals surface area contributed by atoms with E-state index in [0.29, 0.717) is 17.5 Å². The van der Waals surface area contributed by atoms with Crippen LogP contribution in [0.1, 0.15) is 26.7 Å². The fourth-order valence-electron chi connectivity index (χ4n) is 0.167. The molecule has 0 aliphatic carbocycles. The van der Waals surface area contributed by atoms with Gasteiger partial charge in [-0.25, -0.2) is 0 Å². The van der Waals surface area contributed by atoms with Gasteiger partial charge in [0.1, 0.15) is 0 Å². The van der Waals surface area contributed by atoms with E-state index in [9.17, 15) is 0 Å². The van der Waals surface area contributed by atoms with Gasteiger partial charge in [-0.15, -0.1) is 25.3 Å². The summed E-state index contributed by atoms with van der Waals surface area (Å²) in [4.78, 5) is 0. The lowest BCUT2D eigenvalue weighted by molar-refractivity contribution is 0.196. The van der Waals surface area contributed by atoms with Crippen molar-refractivity contribution >= 4 is 66.4 Å². The van der Waals surface area contributed by atoms with Gasteiger partial charge in [-0.05, 0) is 12.8 Å². The van der Waals surface area contributed by atoms with Gasteiger partial charge in [0.25, 0.3) is 0 Å². The van der Waals surface area contributed by atoms with E-state index in [4.69, 9.17) is 15.3 Å². The third-order valence-electron chi connectivity index (χ3n) is 1.55. The molecule has 0 aromatic rings. The van der Waals surface area contributed by atoms with Crippen molar-refractivity contribution in [2.75, 3.05) is 17.7 Å². The van der Waals surface area contributed by atoms with Crippen LogP contribution in [0.15, 0.2) is 0 Å². The van der Waals surface area contributed by atoms with Crippen molar-refractivity contribution in [1.82, 2.24) is 0 Å². The average molecular weight is 401 g/mol. The largest absolute Gasteiger partial charge is 0.395 e. The number of aliphatic hydroxyl groups is 3. The van der Waals surface area contributed by atoms with E-state index in [-0.39, 0.29) is 18.0 Å². The molecule has 0 radical (unpaired) electrons. The lowest BCUT2D eigenvalue weighted by Crippen LogP contribution is -2.07. The summed E-state index contributed by atoms with van der Waals surface area (Å²) in [5.74, 6) is 0.639. The summed E-state index contributed by atoms with van der Waals surface area (Å²) in [5, 5.41) is 26.1. The summed E-state index contributed by atoms with van der Waals surface area (Å²) >= 11 is 18.2. The molecule has 18 heavy (non-hydrogen) atoms. The zero-order chi connectivity index (χ0) is 15.2. The Hall–Kier alpha value is 1.76. The maximum absolute atomic E-state index is 8.62. The average Bonchev–Trinajstić information content (AvgIpc) is 2.37. The number of halogens is 1. The Morgan fingerprint density at radius 2 is 1.67 bits per heavy atom. The van der Waals surface area contributed by atoms with Gasteiger partial charge in [0.05, 0.1) is 12.7 Å². The molecule has 0 aromatic heterocycles. The molecular weight excluding hydrogens is 376 g/mol. The molecule has 114 valence electrons. The SMILES string of the molecule is CCC(O)(S)S.CCC(O)CBr.OCC(S)CS. The van der Waals surface area contributed by atoms with E-state index in [2.05, 4.69) is 66.4 Å². The molecule has 0 saturated heterocycles. The van der Waals surface area contributed by atoms with Crippen LogP contribution in [-0.4, -0.2) is 48.6 Å². The van der Waals surface area contributed by atoms with E-state index in [0.717, 1.165) is 6.42 Å². The number of hydrogen-bond acceptors (Lipinski definition) is 7. The van der Waals surface area contributed by atoms with E-state index >= 15 is 0 Å². The Bertz CT molecular complexity index is 141. The zero-order valence-corrected chi connectivity index (χ0v) is 15.9. The van der Waals surface area contributed by atoms with Crippen molar-refractivity contribution in [2.45, 2.75) is 42.3 Å². The van der Waals surface area contributed by atoms with Gasteiger partial charge < -0.3 is 15.3 Å². The summed E-state index contributed by atoms with van der Waals surface area (Å²) in [6.45, 7) is 3.87. The number of thiol groups is 4. The van der Waals surface area contributed by atoms with Gasteiger partial charge >= 0.3 is 0 Å². The second kappa shape index (κ2) is 16.8. The van der Waals surface area contributed by atoms with Crippen LogP contribution in [0.5, 0.6) is 0 Å². The molecule has 3 N–H and O–H groups in total. The Balaban J connectivity index is -0.000000187. The van der Waals surface area contributed by atoms with Gasteiger partial charge in [0.2, 0.25) is 0 Å². The number of rotatable bonds is 5. The summed E-state index contributed by atoms with van der Waals surface area (Å²) in [6, 6.07) is 0. The van der Waals surface area contributed by atoms with E-state index < -0.39 is 4.27 Å². The van der Waals surface area contributed by atoms with Gasteiger partial charge in [-0.3, -0.25) is 0 Å². The normalized spacial score (nSPS) is 13.7. The molecule has 2 atom stereocenters. The third-order valence-corrected chi connectivity index (χ3v) is 4.00. The molecule has 2 unspecified atom stereocenters. The molecule has 0 saturated carbocycles. The lowest BCUT2D eigenvalue weighted by atomic mass is 10.3. The molecule has 0 bridgehead atoms. The first-order valence-corrected chi connectivity index (χ1v) is 8.65. The molecular formula is C10H25BrO3S4. The maximum Gasteiger partial charge on any atom is 0.151 e. The molecule has 3 nitrogen and oxygen atoms in total. The van der Waals surface area contributed by atoms with E-state index in [1.165, 1.54) is 0 Å². The van der Waals surface area contributed by atoms with Crippen molar-refractivity contribution in [3.8, 4) is 0 Å². The van der Waals surface area contributed by atoms with Crippen molar-refractivity contribution < 1.29 is 15.3 Å². The first-order chi connectivity index (χ1) is 8.18. The Labute approximate surface area is 141 Å². The highest BCUT2D eigenvalue weighted by Gasteiger charge is 2.08. The molecule has 0 amide bonds. The number of alkyl halides is 1. The molecule has 8 heteroatoms. The second-order valence-corrected chi connectivity index (χ2v) is 6.94. The van der Waals surface area contributed by atoms with Gasteiger partial charge in [0, 0.05) is 16.3 Å². The summed E-state index contributed by atoms with van der Waals surface area (Å²) in [5.41, 5.74) is 0. The van der Waals surface area contributed by atoms with Crippen LogP contribution in [0.25, 0.3) is 0 Å². The zero-order valence-electron chi connectivity index (χ0n) is 10.7. The van der Waals surface area contributed by atoms with Crippen molar-refractivity contribution in [3.05, 3.63) is 0 Å². The second-order valence-electron chi connectivity index (χ2n) is 3.36. The Morgan fingerprint density at radius 3 is 1.67 bits per heavy atom. The van der Waals surface area contributed by atoms with Crippen LogP contribution in [0.2, 0.25) is 0 Å². The molecule has 0 fully saturated rings. The molecule has 0 heterocycles. The van der Waals surface area contributed by atoms with Crippen molar-refractivity contribution in [3.63, 3.8) is 0 Å². The van der Waals surface area contributed by atoms with Gasteiger partial charge in [-0.2, -0.15) is 25.3 Å². The van der Waals surface area contributed by atoms with Crippen LogP contribution in [0, 0.1) is 0 Å².